The van der Waals surface area contributed by atoms with Crippen molar-refractivity contribution in [3.05, 3.63) is 29.3 Å². The molecule has 0 atom stereocenters. The summed E-state index contributed by atoms with van der Waals surface area (Å²) in [6.45, 7) is 8.53. The van der Waals surface area contributed by atoms with Gasteiger partial charge in [-0.25, -0.2) is 8.42 Å². The summed E-state index contributed by atoms with van der Waals surface area (Å²) >= 11 is 0. The van der Waals surface area contributed by atoms with Gasteiger partial charge in [-0.3, -0.25) is 4.72 Å². The maximum atomic E-state index is 12.2. The molecule has 114 valence electrons. The minimum absolute atomic E-state index is 0.0897. The van der Waals surface area contributed by atoms with Crippen molar-refractivity contribution in [1.82, 2.24) is 5.32 Å². The number of hydrogen-bond donors (Lipinski definition) is 2. The molecule has 1 aromatic rings. The Labute approximate surface area is 123 Å². The van der Waals surface area contributed by atoms with Crippen LogP contribution in [0.15, 0.2) is 18.2 Å². The molecule has 0 aliphatic carbocycles. The minimum atomic E-state index is -3.31. The number of sulfonamides is 1. The maximum Gasteiger partial charge on any atom is 0.233 e. The molecular formula is C15H26N2O2S. The third-order valence-electron chi connectivity index (χ3n) is 3.18. The number of anilines is 1. The molecule has 0 unspecified atom stereocenters. The second-order valence-corrected chi connectivity index (χ2v) is 7.03. The first-order valence-corrected chi connectivity index (χ1v) is 8.89. The van der Waals surface area contributed by atoms with E-state index in [4.69, 9.17) is 0 Å². The first-order valence-electron chi connectivity index (χ1n) is 7.24. The van der Waals surface area contributed by atoms with Crippen molar-refractivity contribution in [1.29, 1.82) is 0 Å². The van der Waals surface area contributed by atoms with Crippen LogP contribution in [0.5, 0.6) is 0 Å². The van der Waals surface area contributed by atoms with Crippen LogP contribution in [-0.2, 0) is 22.9 Å². The molecule has 0 aliphatic rings. The summed E-state index contributed by atoms with van der Waals surface area (Å²) < 4.78 is 27.1. The number of aryl methyl sites for hydroxylation is 2. The molecule has 0 bridgehead atoms. The molecule has 0 aliphatic heterocycles. The van der Waals surface area contributed by atoms with Crippen LogP contribution in [0, 0.1) is 0 Å². The van der Waals surface area contributed by atoms with E-state index in [1.165, 1.54) is 0 Å². The van der Waals surface area contributed by atoms with Gasteiger partial charge in [0, 0.05) is 12.6 Å². The Kier molecular flexibility index (Phi) is 6.49. The summed E-state index contributed by atoms with van der Waals surface area (Å²) in [6, 6.07) is 6.22. The molecular weight excluding hydrogens is 272 g/mol. The zero-order valence-electron chi connectivity index (χ0n) is 12.9. The van der Waals surface area contributed by atoms with Gasteiger partial charge in [0.15, 0.2) is 0 Å². The normalized spacial score (nSPS) is 11.8. The van der Waals surface area contributed by atoms with Crippen LogP contribution >= 0.6 is 0 Å². The van der Waals surface area contributed by atoms with Crippen LogP contribution in [0.3, 0.4) is 0 Å². The largest absolute Gasteiger partial charge is 0.313 e. The number of benzene rings is 1. The van der Waals surface area contributed by atoms with E-state index in [-0.39, 0.29) is 5.75 Å². The fourth-order valence-electron chi connectivity index (χ4n) is 2.06. The van der Waals surface area contributed by atoms with Crippen molar-refractivity contribution in [3.8, 4) is 0 Å². The molecule has 0 spiro atoms. The van der Waals surface area contributed by atoms with E-state index < -0.39 is 10.0 Å². The highest BCUT2D eigenvalue weighted by Crippen LogP contribution is 2.23. The summed E-state index contributed by atoms with van der Waals surface area (Å²) in [4.78, 5) is 0. The van der Waals surface area contributed by atoms with Crippen molar-refractivity contribution in [2.45, 2.75) is 46.6 Å². The number of nitrogens with one attached hydrogen (secondary N) is 2. The SMILES string of the molecule is CCc1cccc(CC)c1NS(=O)(=O)CCNC(C)C. The molecule has 0 aromatic heterocycles. The molecule has 0 saturated heterocycles. The topological polar surface area (TPSA) is 58.2 Å². The van der Waals surface area contributed by atoms with Crippen LogP contribution in [-0.4, -0.2) is 26.8 Å². The lowest BCUT2D eigenvalue weighted by Crippen LogP contribution is -2.31. The van der Waals surface area contributed by atoms with E-state index in [0.29, 0.717) is 12.6 Å². The van der Waals surface area contributed by atoms with Crippen molar-refractivity contribution in [2.24, 2.45) is 0 Å². The molecule has 0 radical (unpaired) electrons. The average molecular weight is 298 g/mol. The average Bonchev–Trinajstić information content (AvgIpc) is 2.37. The fourth-order valence-corrected chi connectivity index (χ4v) is 3.12. The Morgan fingerprint density at radius 3 is 2.10 bits per heavy atom. The van der Waals surface area contributed by atoms with Gasteiger partial charge in [-0.1, -0.05) is 45.9 Å². The van der Waals surface area contributed by atoms with Gasteiger partial charge in [0.25, 0.3) is 0 Å². The van der Waals surface area contributed by atoms with E-state index >= 15 is 0 Å². The van der Waals surface area contributed by atoms with E-state index in [1.54, 1.807) is 0 Å². The summed E-state index contributed by atoms with van der Waals surface area (Å²) in [6.07, 6.45) is 1.63. The summed E-state index contributed by atoms with van der Waals surface area (Å²) in [5.41, 5.74) is 2.86. The van der Waals surface area contributed by atoms with E-state index in [1.807, 2.05) is 45.9 Å². The van der Waals surface area contributed by atoms with Crippen molar-refractivity contribution >= 4 is 15.7 Å². The van der Waals surface area contributed by atoms with Crippen molar-refractivity contribution in [2.75, 3.05) is 17.0 Å². The number of hydrogen-bond acceptors (Lipinski definition) is 3. The van der Waals surface area contributed by atoms with Gasteiger partial charge >= 0.3 is 0 Å². The Balaban J connectivity index is 2.86. The van der Waals surface area contributed by atoms with Crippen LogP contribution in [0.1, 0.15) is 38.8 Å². The second-order valence-electron chi connectivity index (χ2n) is 5.19. The smallest absolute Gasteiger partial charge is 0.233 e. The standard InChI is InChI=1S/C15H26N2O2S/c1-5-13-8-7-9-14(6-2)15(13)17-20(18,19)11-10-16-12(3)4/h7-9,12,16-17H,5-6,10-11H2,1-4H3. The quantitative estimate of drug-likeness (QED) is 0.775. The number of rotatable bonds is 8. The first-order chi connectivity index (χ1) is 9.39. The van der Waals surface area contributed by atoms with Gasteiger partial charge in [0.1, 0.15) is 0 Å². The molecule has 0 fully saturated rings. The van der Waals surface area contributed by atoms with Gasteiger partial charge in [-0.2, -0.15) is 0 Å². The molecule has 1 rings (SSSR count). The van der Waals surface area contributed by atoms with E-state index in [0.717, 1.165) is 29.7 Å². The molecule has 5 heteroatoms. The Bertz CT molecular complexity index is 502. The summed E-state index contributed by atoms with van der Waals surface area (Å²) in [5, 5.41) is 3.13. The van der Waals surface area contributed by atoms with Crippen LogP contribution in [0.2, 0.25) is 0 Å². The highest BCUT2D eigenvalue weighted by molar-refractivity contribution is 7.92. The Morgan fingerprint density at radius 2 is 1.65 bits per heavy atom. The minimum Gasteiger partial charge on any atom is -0.313 e. The van der Waals surface area contributed by atoms with Crippen LogP contribution < -0.4 is 10.0 Å². The van der Waals surface area contributed by atoms with Crippen molar-refractivity contribution in [3.63, 3.8) is 0 Å². The van der Waals surface area contributed by atoms with Gasteiger partial charge in [-0.05, 0) is 24.0 Å². The van der Waals surface area contributed by atoms with Crippen molar-refractivity contribution < 1.29 is 8.42 Å². The van der Waals surface area contributed by atoms with E-state index in [2.05, 4.69) is 10.0 Å². The highest BCUT2D eigenvalue weighted by Gasteiger charge is 2.14. The molecule has 0 amide bonds. The number of para-hydroxylation sites is 1. The predicted molar refractivity (Wildman–Crippen MR) is 85.7 cm³/mol. The van der Waals surface area contributed by atoms with Crippen LogP contribution in [0.25, 0.3) is 0 Å². The third-order valence-corrected chi connectivity index (χ3v) is 4.44. The van der Waals surface area contributed by atoms with E-state index in [9.17, 15) is 8.42 Å². The zero-order chi connectivity index (χ0) is 15.2. The molecule has 0 heterocycles. The molecule has 2 N–H and O–H groups in total. The van der Waals surface area contributed by atoms with Gasteiger partial charge in [-0.15, -0.1) is 0 Å². The molecule has 1 aromatic carbocycles. The lowest BCUT2D eigenvalue weighted by atomic mass is 10.0. The highest BCUT2D eigenvalue weighted by atomic mass is 32.2. The lowest BCUT2D eigenvalue weighted by molar-refractivity contribution is 0.582. The Hall–Kier alpha value is -1.07. The lowest BCUT2D eigenvalue weighted by Gasteiger charge is -2.16. The summed E-state index contributed by atoms with van der Waals surface area (Å²) in [7, 11) is -3.31. The molecule has 0 saturated carbocycles. The summed E-state index contributed by atoms with van der Waals surface area (Å²) in [5.74, 6) is 0.0897. The van der Waals surface area contributed by atoms with Gasteiger partial charge in [0.05, 0.1) is 11.4 Å². The monoisotopic (exact) mass is 298 g/mol. The van der Waals surface area contributed by atoms with Crippen LogP contribution in [0.4, 0.5) is 5.69 Å². The van der Waals surface area contributed by atoms with Gasteiger partial charge in [0.2, 0.25) is 10.0 Å². The third kappa shape index (κ3) is 5.13. The fraction of sp³-hybridized carbons (Fsp3) is 0.600. The maximum absolute atomic E-state index is 12.2. The van der Waals surface area contributed by atoms with Gasteiger partial charge < -0.3 is 5.32 Å². The zero-order valence-corrected chi connectivity index (χ0v) is 13.7. The second kappa shape index (κ2) is 7.64. The predicted octanol–water partition coefficient (Wildman–Crippen LogP) is 2.55. The first kappa shape index (κ1) is 17.0. The Morgan fingerprint density at radius 1 is 1.10 bits per heavy atom. The molecule has 4 nitrogen and oxygen atoms in total. The molecule has 20 heavy (non-hydrogen) atoms.